The number of hydrogen-bond acceptors (Lipinski definition) is 4. The van der Waals surface area contributed by atoms with Crippen molar-refractivity contribution in [2.45, 2.75) is 13.3 Å². The van der Waals surface area contributed by atoms with Gasteiger partial charge in [-0.2, -0.15) is 0 Å². The molecule has 0 radical (unpaired) electrons. The second-order valence-electron chi connectivity index (χ2n) is 2.20. The van der Waals surface area contributed by atoms with Gasteiger partial charge in [0.1, 0.15) is 0 Å². The number of anilines is 1. The normalized spacial score (nSPS) is 9.91. The lowest BCUT2D eigenvalue weighted by Crippen LogP contribution is -2.13. The quantitative estimate of drug-likeness (QED) is 0.660. The number of nitrogens with zero attached hydrogens (tertiary/aromatic N) is 1. The van der Waals surface area contributed by atoms with E-state index in [2.05, 4.69) is 4.98 Å². The van der Waals surface area contributed by atoms with Gasteiger partial charge >= 0.3 is 0 Å². The Morgan fingerprint density at radius 2 is 2.36 bits per heavy atom. The zero-order valence-corrected chi connectivity index (χ0v) is 6.94. The molecular weight excluding hydrogens is 162 g/mol. The monoisotopic (exact) mass is 171 g/mol. The Kier molecular flexibility index (Phi) is 2.09. The summed E-state index contributed by atoms with van der Waals surface area (Å²) < 4.78 is 0. The van der Waals surface area contributed by atoms with Gasteiger partial charge in [-0.05, 0) is 6.92 Å². The maximum atomic E-state index is 10.5. The molecule has 0 aliphatic heterocycles. The van der Waals surface area contributed by atoms with Gasteiger partial charge in [0.25, 0.3) is 0 Å². The average Bonchev–Trinajstić information content (AvgIpc) is 2.09. The molecule has 60 valence electrons. The smallest absolute Gasteiger partial charge is 0.222 e. The van der Waals surface area contributed by atoms with Crippen molar-refractivity contribution in [2.24, 2.45) is 5.73 Å². The van der Waals surface area contributed by atoms with Crippen molar-refractivity contribution in [1.82, 2.24) is 4.98 Å². The Morgan fingerprint density at radius 3 is 2.73 bits per heavy atom. The standard InChI is InChI=1S/C6H9N3OS/c1-3-4(2-5(7)10)11-6(8)9-3/h2H2,1H3,(H2,7,10)(H2,8,9). The molecule has 0 saturated carbocycles. The molecule has 4 nitrogen and oxygen atoms in total. The van der Waals surface area contributed by atoms with E-state index in [1.165, 1.54) is 11.3 Å². The molecule has 11 heavy (non-hydrogen) atoms. The first-order chi connectivity index (χ1) is 5.09. The van der Waals surface area contributed by atoms with Crippen molar-refractivity contribution >= 4 is 22.4 Å². The van der Waals surface area contributed by atoms with E-state index >= 15 is 0 Å². The average molecular weight is 171 g/mol. The Morgan fingerprint density at radius 1 is 1.73 bits per heavy atom. The molecule has 5 heteroatoms. The van der Waals surface area contributed by atoms with Gasteiger partial charge in [0.05, 0.1) is 12.1 Å². The van der Waals surface area contributed by atoms with Gasteiger partial charge in [-0.1, -0.05) is 0 Å². The van der Waals surface area contributed by atoms with E-state index in [0.29, 0.717) is 5.13 Å². The first-order valence-corrected chi connectivity index (χ1v) is 3.91. The highest BCUT2D eigenvalue weighted by molar-refractivity contribution is 7.15. The Hall–Kier alpha value is -1.10. The number of nitrogen functional groups attached to an aromatic ring is 1. The minimum atomic E-state index is -0.350. The highest BCUT2D eigenvalue weighted by Gasteiger charge is 2.06. The van der Waals surface area contributed by atoms with E-state index in [1.54, 1.807) is 0 Å². The van der Waals surface area contributed by atoms with Crippen LogP contribution in [0.5, 0.6) is 0 Å². The molecule has 1 aromatic rings. The van der Waals surface area contributed by atoms with Crippen LogP contribution in [0, 0.1) is 6.92 Å². The van der Waals surface area contributed by atoms with Crippen LogP contribution >= 0.6 is 11.3 Å². The molecule has 0 aromatic carbocycles. The Labute approximate surface area is 68.2 Å². The molecule has 1 heterocycles. The van der Waals surface area contributed by atoms with Crippen LogP contribution in [0.2, 0.25) is 0 Å². The zero-order valence-electron chi connectivity index (χ0n) is 6.13. The molecule has 4 N–H and O–H groups in total. The summed E-state index contributed by atoms with van der Waals surface area (Å²) in [5.74, 6) is -0.350. The van der Waals surface area contributed by atoms with Crippen molar-refractivity contribution < 1.29 is 4.79 Å². The molecule has 1 rings (SSSR count). The predicted molar refractivity (Wildman–Crippen MR) is 44.2 cm³/mol. The van der Waals surface area contributed by atoms with E-state index in [4.69, 9.17) is 11.5 Å². The van der Waals surface area contributed by atoms with Crippen LogP contribution in [-0.2, 0) is 11.2 Å². The van der Waals surface area contributed by atoms with Gasteiger partial charge in [-0.15, -0.1) is 11.3 Å². The first kappa shape index (κ1) is 8.00. The molecule has 0 spiro atoms. The van der Waals surface area contributed by atoms with Crippen LogP contribution in [0.4, 0.5) is 5.13 Å². The summed E-state index contributed by atoms with van der Waals surface area (Å²) in [7, 11) is 0. The van der Waals surface area contributed by atoms with Crippen LogP contribution in [0.1, 0.15) is 10.6 Å². The highest BCUT2D eigenvalue weighted by atomic mass is 32.1. The number of carbonyl (C=O) groups excluding carboxylic acids is 1. The predicted octanol–water partition coefficient (Wildman–Crippen LogP) is 0.0615. The summed E-state index contributed by atoms with van der Waals surface area (Å²) in [6.45, 7) is 1.81. The third-order valence-electron chi connectivity index (χ3n) is 1.24. The molecule has 1 amide bonds. The van der Waals surface area contributed by atoms with E-state index in [1.807, 2.05) is 6.92 Å². The van der Waals surface area contributed by atoms with Crippen molar-refractivity contribution in [3.05, 3.63) is 10.6 Å². The van der Waals surface area contributed by atoms with Gasteiger partial charge in [0, 0.05) is 4.88 Å². The van der Waals surface area contributed by atoms with Crippen LogP contribution in [-0.4, -0.2) is 10.9 Å². The maximum Gasteiger partial charge on any atom is 0.222 e. The lowest BCUT2D eigenvalue weighted by Gasteiger charge is -1.90. The van der Waals surface area contributed by atoms with Crippen molar-refractivity contribution in [3.8, 4) is 0 Å². The van der Waals surface area contributed by atoms with E-state index < -0.39 is 0 Å². The van der Waals surface area contributed by atoms with E-state index in [0.717, 1.165) is 10.6 Å². The summed E-state index contributed by atoms with van der Waals surface area (Å²) in [6, 6.07) is 0. The fourth-order valence-corrected chi connectivity index (χ4v) is 1.62. The van der Waals surface area contributed by atoms with Crippen molar-refractivity contribution in [3.63, 3.8) is 0 Å². The Bertz CT molecular complexity index is 281. The number of carbonyl (C=O) groups is 1. The molecule has 0 saturated heterocycles. The lowest BCUT2D eigenvalue weighted by atomic mass is 10.3. The molecule has 0 unspecified atom stereocenters. The summed E-state index contributed by atoms with van der Waals surface area (Å²) in [4.78, 5) is 15.3. The molecule has 0 aliphatic carbocycles. The number of nitrogens with two attached hydrogens (primary N) is 2. The van der Waals surface area contributed by atoms with Gasteiger partial charge < -0.3 is 11.5 Å². The van der Waals surface area contributed by atoms with Gasteiger partial charge in [-0.3, -0.25) is 4.79 Å². The fraction of sp³-hybridized carbons (Fsp3) is 0.333. The molecule has 0 fully saturated rings. The molecular formula is C6H9N3OS. The third-order valence-corrected chi connectivity index (χ3v) is 2.23. The zero-order chi connectivity index (χ0) is 8.43. The summed E-state index contributed by atoms with van der Waals surface area (Å²) in [5, 5.41) is 0.485. The lowest BCUT2D eigenvalue weighted by molar-refractivity contribution is -0.117. The van der Waals surface area contributed by atoms with E-state index in [-0.39, 0.29) is 12.3 Å². The summed E-state index contributed by atoms with van der Waals surface area (Å²) in [5.41, 5.74) is 11.2. The van der Waals surface area contributed by atoms with Gasteiger partial charge in [0.2, 0.25) is 5.91 Å². The molecule has 0 atom stereocenters. The minimum Gasteiger partial charge on any atom is -0.375 e. The molecule has 1 aromatic heterocycles. The SMILES string of the molecule is Cc1nc(N)sc1CC(N)=O. The van der Waals surface area contributed by atoms with Gasteiger partial charge in [-0.25, -0.2) is 4.98 Å². The number of aryl methyl sites for hydroxylation is 1. The largest absolute Gasteiger partial charge is 0.375 e. The summed E-state index contributed by atoms with van der Waals surface area (Å²) in [6.07, 6.45) is 0.237. The van der Waals surface area contributed by atoms with Crippen molar-refractivity contribution in [2.75, 3.05) is 5.73 Å². The number of thiazole rings is 1. The number of hydrogen-bond donors (Lipinski definition) is 2. The van der Waals surface area contributed by atoms with E-state index in [9.17, 15) is 4.79 Å². The maximum absolute atomic E-state index is 10.5. The van der Waals surface area contributed by atoms with Gasteiger partial charge in [0.15, 0.2) is 5.13 Å². The summed E-state index contributed by atoms with van der Waals surface area (Å²) >= 11 is 1.31. The van der Waals surface area contributed by atoms with Crippen LogP contribution in [0.3, 0.4) is 0 Å². The number of amides is 1. The Balaban J connectivity index is 2.85. The highest BCUT2D eigenvalue weighted by Crippen LogP contribution is 2.19. The second-order valence-corrected chi connectivity index (χ2v) is 3.32. The van der Waals surface area contributed by atoms with Crippen LogP contribution in [0.25, 0.3) is 0 Å². The molecule has 0 aliphatic rings. The number of rotatable bonds is 2. The number of primary amides is 1. The van der Waals surface area contributed by atoms with Crippen LogP contribution < -0.4 is 11.5 Å². The molecule has 0 bridgehead atoms. The third kappa shape index (κ3) is 1.91. The fourth-order valence-electron chi connectivity index (χ4n) is 0.773. The topological polar surface area (TPSA) is 82.0 Å². The minimum absolute atomic E-state index is 0.237. The van der Waals surface area contributed by atoms with Crippen LogP contribution in [0.15, 0.2) is 0 Å². The number of aromatic nitrogens is 1. The van der Waals surface area contributed by atoms with Crippen molar-refractivity contribution in [1.29, 1.82) is 0 Å². The first-order valence-electron chi connectivity index (χ1n) is 3.09. The second kappa shape index (κ2) is 2.87.